The Bertz CT molecular complexity index is 1420. The highest BCUT2D eigenvalue weighted by Gasteiger charge is 2.26. The van der Waals surface area contributed by atoms with E-state index in [1.807, 2.05) is 29.5 Å². The number of nitrogens with zero attached hydrogens (tertiary/aromatic N) is 6. The molecule has 1 aliphatic carbocycles. The maximum Gasteiger partial charge on any atom is 0.260 e. The molecule has 6 rings (SSSR count). The smallest absolute Gasteiger partial charge is 0.244 e. The number of thiophene rings is 1. The van der Waals surface area contributed by atoms with Gasteiger partial charge in [-0.25, -0.2) is 9.38 Å². The summed E-state index contributed by atoms with van der Waals surface area (Å²) in [6, 6.07) is 5.57. The lowest BCUT2D eigenvalue weighted by atomic mass is 9.89. The van der Waals surface area contributed by atoms with Crippen LogP contribution in [-0.2, 0) is 18.6 Å². The van der Waals surface area contributed by atoms with Crippen LogP contribution in [0.3, 0.4) is 0 Å². The first kappa shape index (κ1) is 18.9. The molecule has 152 valence electrons. The van der Waals surface area contributed by atoms with E-state index in [-0.39, 0.29) is 0 Å². The maximum atomic E-state index is 6.37. The van der Waals surface area contributed by atoms with E-state index in [0.29, 0.717) is 27.5 Å². The molecule has 1 atom stereocenters. The molecule has 4 aromatic heterocycles. The number of fused-ring (bicyclic) bond motifs is 8. The molecule has 30 heavy (non-hydrogen) atoms. The Kier molecular flexibility index (Phi) is 4.46. The van der Waals surface area contributed by atoms with Gasteiger partial charge in [0.2, 0.25) is 0 Å². The number of aromatic nitrogens is 6. The molecule has 0 radical (unpaired) electrons. The van der Waals surface area contributed by atoms with E-state index in [0.717, 1.165) is 34.0 Å². The van der Waals surface area contributed by atoms with Gasteiger partial charge in [0.25, 0.3) is 5.78 Å². The van der Waals surface area contributed by atoms with Gasteiger partial charge in [-0.3, -0.25) is 0 Å². The van der Waals surface area contributed by atoms with E-state index >= 15 is 0 Å². The monoisotopic (exact) mass is 474 g/mol. The van der Waals surface area contributed by atoms with Gasteiger partial charge in [-0.05, 0) is 48.4 Å². The second kappa shape index (κ2) is 7.09. The summed E-state index contributed by atoms with van der Waals surface area (Å²) in [5, 5.41) is 16.7. The van der Waals surface area contributed by atoms with Crippen LogP contribution in [0.5, 0.6) is 0 Å². The van der Waals surface area contributed by atoms with E-state index in [2.05, 4.69) is 31.6 Å². The molecule has 6 nitrogen and oxygen atoms in total. The second-order valence-electron chi connectivity index (χ2n) is 7.63. The van der Waals surface area contributed by atoms with Gasteiger partial charge < -0.3 is 0 Å². The Balaban J connectivity index is 1.55. The molecule has 0 spiro atoms. The predicted octanol–water partition coefficient (Wildman–Crippen LogP) is 5.71. The van der Waals surface area contributed by atoms with Crippen molar-refractivity contribution in [2.24, 2.45) is 5.92 Å². The van der Waals surface area contributed by atoms with E-state index in [1.54, 1.807) is 22.6 Å². The van der Waals surface area contributed by atoms with E-state index in [4.69, 9.17) is 23.2 Å². The summed E-state index contributed by atoms with van der Waals surface area (Å²) in [4.78, 5) is 7.14. The zero-order valence-corrected chi connectivity index (χ0v) is 19.1. The van der Waals surface area contributed by atoms with Crippen LogP contribution in [0, 0.1) is 5.92 Å². The Morgan fingerprint density at radius 2 is 2.07 bits per heavy atom. The highest BCUT2D eigenvalue weighted by molar-refractivity contribution is 7.98. The third kappa shape index (κ3) is 2.77. The largest absolute Gasteiger partial charge is 0.260 e. The molecule has 1 unspecified atom stereocenters. The minimum absolute atomic E-state index is 0.609. The summed E-state index contributed by atoms with van der Waals surface area (Å²) in [5.74, 6) is 1.99. The molecule has 0 saturated heterocycles. The van der Waals surface area contributed by atoms with Crippen molar-refractivity contribution in [1.82, 2.24) is 29.2 Å². The van der Waals surface area contributed by atoms with Crippen LogP contribution in [0.25, 0.3) is 21.6 Å². The number of rotatable bonds is 3. The van der Waals surface area contributed by atoms with Crippen molar-refractivity contribution in [1.29, 1.82) is 0 Å². The summed E-state index contributed by atoms with van der Waals surface area (Å²) < 4.78 is 3.91. The first-order valence-corrected chi connectivity index (χ1v) is 12.2. The zero-order valence-electron chi connectivity index (χ0n) is 16.0. The molecule has 0 N–H and O–H groups in total. The Hall–Kier alpha value is -1.87. The van der Waals surface area contributed by atoms with Gasteiger partial charge in [-0.2, -0.15) is 9.61 Å². The summed E-state index contributed by atoms with van der Waals surface area (Å²) in [5.41, 5.74) is 3.18. The highest BCUT2D eigenvalue weighted by Crippen LogP contribution is 2.41. The fourth-order valence-corrected chi connectivity index (χ4v) is 7.40. The van der Waals surface area contributed by atoms with Gasteiger partial charge in [0.05, 0.1) is 5.39 Å². The molecule has 0 aliphatic heterocycles. The molecule has 0 saturated carbocycles. The Labute approximate surface area is 190 Å². The Morgan fingerprint density at radius 1 is 1.23 bits per heavy atom. The van der Waals surface area contributed by atoms with Crippen molar-refractivity contribution in [2.45, 2.75) is 37.1 Å². The lowest BCUT2D eigenvalue weighted by Gasteiger charge is -2.17. The summed E-state index contributed by atoms with van der Waals surface area (Å²) in [6.07, 6.45) is 4.97. The molecule has 5 aromatic rings. The standard InChI is InChI=1S/C20H16Cl2N6S2/c1-10-5-6-11-15(7-10)30-18-16(11)17-23-9-24-28(17)19-25-26-20(27(18)19)29-8-12-13(21)3-2-4-14(12)22/h2-4,9-10H,5-8H2,1H3. The molecule has 1 aliphatic rings. The fraction of sp³-hybridized carbons (Fsp3) is 0.300. The summed E-state index contributed by atoms with van der Waals surface area (Å²) in [7, 11) is 0. The minimum atomic E-state index is 0.609. The molecular formula is C20H16Cl2N6S2. The van der Waals surface area contributed by atoms with Crippen molar-refractivity contribution in [2.75, 3.05) is 0 Å². The zero-order chi connectivity index (χ0) is 20.4. The number of hydrogen-bond donors (Lipinski definition) is 0. The average molecular weight is 475 g/mol. The van der Waals surface area contributed by atoms with Gasteiger partial charge in [0.1, 0.15) is 11.2 Å². The molecular weight excluding hydrogens is 459 g/mol. The van der Waals surface area contributed by atoms with Gasteiger partial charge in [0, 0.05) is 20.7 Å². The fourth-order valence-electron chi connectivity index (χ4n) is 4.16. The van der Waals surface area contributed by atoms with Crippen molar-refractivity contribution >= 4 is 67.9 Å². The molecule has 1 aromatic carbocycles. The first-order chi connectivity index (χ1) is 14.6. The van der Waals surface area contributed by atoms with Crippen LogP contribution in [0.2, 0.25) is 10.0 Å². The first-order valence-electron chi connectivity index (χ1n) is 9.68. The van der Waals surface area contributed by atoms with Crippen molar-refractivity contribution < 1.29 is 0 Å². The van der Waals surface area contributed by atoms with Crippen LogP contribution in [0.4, 0.5) is 0 Å². The van der Waals surface area contributed by atoms with E-state index < -0.39 is 0 Å². The number of hydrogen-bond acceptors (Lipinski definition) is 6. The van der Waals surface area contributed by atoms with Crippen molar-refractivity contribution in [3.05, 3.63) is 50.6 Å². The van der Waals surface area contributed by atoms with Gasteiger partial charge in [-0.1, -0.05) is 48.0 Å². The van der Waals surface area contributed by atoms with Gasteiger partial charge in [-0.15, -0.1) is 21.5 Å². The second-order valence-corrected chi connectivity index (χ2v) is 10.5. The molecule has 0 fully saturated rings. The SMILES string of the molecule is CC1CCc2c(sc3c2c2ncnn2c2nnc(SCc4c(Cl)cccc4Cl)n32)C1. The van der Waals surface area contributed by atoms with E-state index in [1.165, 1.54) is 22.2 Å². The lowest BCUT2D eigenvalue weighted by Crippen LogP contribution is -2.08. The molecule has 0 bridgehead atoms. The summed E-state index contributed by atoms with van der Waals surface area (Å²) in [6.45, 7) is 2.32. The predicted molar refractivity (Wildman–Crippen MR) is 122 cm³/mol. The number of thioether (sulfide) groups is 1. The van der Waals surface area contributed by atoms with Gasteiger partial charge in [0.15, 0.2) is 10.8 Å². The number of halogens is 2. The summed E-state index contributed by atoms with van der Waals surface area (Å²) >= 11 is 16.1. The Morgan fingerprint density at radius 3 is 2.90 bits per heavy atom. The molecule has 0 amide bonds. The highest BCUT2D eigenvalue weighted by atomic mass is 35.5. The average Bonchev–Trinajstić information content (AvgIpc) is 3.42. The number of benzene rings is 1. The van der Waals surface area contributed by atoms with Gasteiger partial charge >= 0.3 is 0 Å². The van der Waals surface area contributed by atoms with Crippen LogP contribution in [0.15, 0.2) is 29.7 Å². The van der Waals surface area contributed by atoms with E-state index in [9.17, 15) is 0 Å². The van der Waals surface area contributed by atoms with Crippen molar-refractivity contribution in [3.63, 3.8) is 0 Å². The molecule has 10 heteroatoms. The number of aryl methyl sites for hydroxylation is 1. The van der Waals surface area contributed by atoms with Crippen LogP contribution in [-0.4, -0.2) is 29.2 Å². The minimum Gasteiger partial charge on any atom is -0.244 e. The lowest BCUT2D eigenvalue weighted by molar-refractivity contribution is 0.509. The molecule has 4 heterocycles. The van der Waals surface area contributed by atoms with Crippen molar-refractivity contribution in [3.8, 4) is 0 Å². The quantitative estimate of drug-likeness (QED) is 0.313. The van der Waals surface area contributed by atoms with Crippen LogP contribution < -0.4 is 0 Å². The normalized spacial score (nSPS) is 16.7. The third-order valence-corrected chi connectivity index (χ3v) is 8.58. The third-order valence-electron chi connectivity index (χ3n) is 5.68. The maximum absolute atomic E-state index is 6.37. The van der Waals surface area contributed by atoms with Crippen LogP contribution in [0.1, 0.15) is 29.3 Å². The topological polar surface area (TPSA) is 60.4 Å². The van der Waals surface area contributed by atoms with Crippen LogP contribution >= 0.6 is 46.3 Å².